The van der Waals surface area contributed by atoms with Crippen molar-refractivity contribution in [2.45, 2.75) is 18.7 Å². The van der Waals surface area contributed by atoms with Crippen molar-refractivity contribution in [3.8, 4) is 0 Å². The standard InChI is InChI=1S/C14H20N2O4S2/c1-9-4-12(10(2)21-9)22(19,20)16-6-11-5-15(3)7-14(11,8-16)13(17)18/h4,11H,5-8H2,1-3H3,(H,17,18)/t11-,14-/m0/s1. The zero-order valence-electron chi connectivity index (χ0n) is 12.9. The highest BCUT2D eigenvalue weighted by atomic mass is 32.2. The smallest absolute Gasteiger partial charge is 0.312 e. The number of hydrogen-bond donors (Lipinski definition) is 1. The van der Waals surface area contributed by atoms with Crippen LogP contribution < -0.4 is 0 Å². The van der Waals surface area contributed by atoms with E-state index in [0.29, 0.717) is 18.0 Å². The maximum Gasteiger partial charge on any atom is 0.312 e. The fourth-order valence-corrected chi connectivity index (χ4v) is 6.84. The van der Waals surface area contributed by atoms with Crippen molar-refractivity contribution < 1.29 is 18.3 Å². The molecule has 1 aromatic heterocycles. The van der Waals surface area contributed by atoms with Gasteiger partial charge in [-0.2, -0.15) is 4.31 Å². The van der Waals surface area contributed by atoms with E-state index in [1.165, 1.54) is 15.6 Å². The molecular weight excluding hydrogens is 324 g/mol. The van der Waals surface area contributed by atoms with Gasteiger partial charge in [0.15, 0.2) is 0 Å². The summed E-state index contributed by atoms with van der Waals surface area (Å²) in [6.07, 6.45) is 0. The second-order valence-electron chi connectivity index (χ2n) is 6.43. The first kappa shape index (κ1) is 15.9. The van der Waals surface area contributed by atoms with Crippen molar-refractivity contribution in [3.63, 3.8) is 0 Å². The first-order valence-electron chi connectivity index (χ1n) is 7.16. The van der Waals surface area contributed by atoms with E-state index in [1.807, 2.05) is 18.9 Å². The van der Waals surface area contributed by atoms with E-state index in [2.05, 4.69) is 0 Å². The molecule has 8 heteroatoms. The number of carboxylic acids is 1. The monoisotopic (exact) mass is 344 g/mol. The summed E-state index contributed by atoms with van der Waals surface area (Å²) in [7, 11) is -1.73. The third-order valence-electron chi connectivity index (χ3n) is 4.79. The molecule has 2 aliphatic rings. The number of likely N-dealkylation sites (tertiary alicyclic amines) is 1. The first-order chi connectivity index (χ1) is 10.2. The fraction of sp³-hybridized carbons (Fsp3) is 0.643. The highest BCUT2D eigenvalue weighted by Crippen LogP contribution is 2.44. The molecule has 22 heavy (non-hydrogen) atoms. The summed E-state index contributed by atoms with van der Waals surface area (Å²) in [6.45, 7) is 5.05. The maximum atomic E-state index is 12.9. The Hall–Kier alpha value is -0.960. The molecule has 0 aromatic carbocycles. The summed E-state index contributed by atoms with van der Waals surface area (Å²) < 4.78 is 27.1. The Kier molecular flexibility index (Phi) is 3.63. The lowest BCUT2D eigenvalue weighted by molar-refractivity contribution is -0.148. The number of aliphatic carboxylic acids is 1. The van der Waals surface area contributed by atoms with Gasteiger partial charge in [0.2, 0.25) is 10.0 Å². The van der Waals surface area contributed by atoms with E-state index >= 15 is 0 Å². The average molecular weight is 344 g/mol. The van der Waals surface area contributed by atoms with Gasteiger partial charge in [-0.05, 0) is 27.0 Å². The second-order valence-corrected chi connectivity index (χ2v) is 9.80. The molecule has 0 aliphatic carbocycles. The van der Waals surface area contributed by atoms with Crippen molar-refractivity contribution in [1.29, 1.82) is 0 Å². The Balaban J connectivity index is 1.95. The van der Waals surface area contributed by atoms with E-state index in [1.54, 1.807) is 13.0 Å². The summed E-state index contributed by atoms with van der Waals surface area (Å²) in [5.74, 6) is -1.04. The third kappa shape index (κ3) is 2.20. The lowest BCUT2D eigenvalue weighted by Crippen LogP contribution is -2.41. The highest BCUT2D eigenvalue weighted by molar-refractivity contribution is 7.89. The fourth-order valence-electron chi connectivity index (χ4n) is 3.76. The summed E-state index contributed by atoms with van der Waals surface area (Å²) in [6, 6.07) is 1.68. The van der Waals surface area contributed by atoms with Gasteiger partial charge in [-0.1, -0.05) is 0 Å². The number of rotatable bonds is 3. The zero-order valence-corrected chi connectivity index (χ0v) is 14.5. The van der Waals surface area contributed by atoms with Crippen LogP contribution >= 0.6 is 11.3 Å². The minimum absolute atomic E-state index is 0.0635. The number of sulfonamides is 1. The molecule has 0 radical (unpaired) electrons. The van der Waals surface area contributed by atoms with Crippen LogP contribution in [0.2, 0.25) is 0 Å². The molecule has 0 bridgehead atoms. The molecule has 3 rings (SSSR count). The molecule has 1 aromatic rings. The van der Waals surface area contributed by atoms with Crippen LogP contribution in [0, 0.1) is 25.2 Å². The number of nitrogens with zero attached hydrogens (tertiary/aromatic N) is 2. The van der Waals surface area contributed by atoms with Crippen LogP contribution in [0.5, 0.6) is 0 Å². The van der Waals surface area contributed by atoms with E-state index < -0.39 is 21.4 Å². The Bertz CT molecular complexity index is 727. The van der Waals surface area contributed by atoms with Crippen LogP contribution in [-0.2, 0) is 14.8 Å². The van der Waals surface area contributed by atoms with Gasteiger partial charge in [0.1, 0.15) is 0 Å². The molecule has 2 aliphatic heterocycles. The van der Waals surface area contributed by atoms with Gasteiger partial charge in [0, 0.05) is 41.9 Å². The molecule has 122 valence electrons. The van der Waals surface area contributed by atoms with Gasteiger partial charge >= 0.3 is 5.97 Å². The molecular formula is C14H20N2O4S2. The normalized spacial score (nSPS) is 29.9. The Morgan fingerprint density at radius 1 is 1.36 bits per heavy atom. The minimum atomic E-state index is -3.62. The summed E-state index contributed by atoms with van der Waals surface area (Å²) >= 11 is 1.45. The summed E-state index contributed by atoms with van der Waals surface area (Å²) in [5.41, 5.74) is -0.971. The van der Waals surface area contributed by atoms with Crippen molar-refractivity contribution in [2.24, 2.45) is 11.3 Å². The third-order valence-corrected chi connectivity index (χ3v) is 7.82. The van der Waals surface area contributed by atoms with Gasteiger partial charge in [0.05, 0.1) is 10.3 Å². The van der Waals surface area contributed by atoms with Crippen LogP contribution in [0.1, 0.15) is 9.75 Å². The highest BCUT2D eigenvalue weighted by Gasteiger charge is 2.59. The topological polar surface area (TPSA) is 77.9 Å². The molecule has 0 amide bonds. The summed E-state index contributed by atoms with van der Waals surface area (Å²) in [4.78, 5) is 15.8. The summed E-state index contributed by atoms with van der Waals surface area (Å²) in [5, 5.41) is 9.66. The number of thiophene rings is 1. The molecule has 0 unspecified atom stereocenters. The SMILES string of the molecule is Cc1cc(S(=O)(=O)N2C[C@@H]3CN(C)C[C@]3(C(=O)O)C2)c(C)s1. The van der Waals surface area contributed by atoms with Gasteiger partial charge in [-0.3, -0.25) is 4.79 Å². The van der Waals surface area contributed by atoms with Crippen LogP contribution in [0.4, 0.5) is 0 Å². The van der Waals surface area contributed by atoms with Crippen LogP contribution in [0.25, 0.3) is 0 Å². The van der Waals surface area contributed by atoms with Crippen molar-refractivity contribution >= 4 is 27.3 Å². The number of fused-ring (bicyclic) bond motifs is 1. The molecule has 2 atom stereocenters. The predicted molar refractivity (Wildman–Crippen MR) is 83.6 cm³/mol. The maximum absolute atomic E-state index is 12.9. The zero-order chi connectivity index (χ0) is 16.3. The molecule has 0 spiro atoms. The predicted octanol–water partition coefficient (Wildman–Crippen LogP) is 1.00. The minimum Gasteiger partial charge on any atom is -0.481 e. The van der Waals surface area contributed by atoms with Gasteiger partial charge in [0.25, 0.3) is 0 Å². The average Bonchev–Trinajstić information content (AvgIpc) is 2.99. The van der Waals surface area contributed by atoms with E-state index in [4.69, 9.17) is 0 Å². The van der Waals surface area contributed by atoms with Crippen LogP contribution in [0.15, 0.2) is 11.0 Å². The van der Waals surface area contributed by atoms with E-state index in [0.717, 1.165) is 9.75 Å². The molecule has 1 N–H and O–H groups in total. The number of aryl methyl sites for hydroxylation is 2. The second kappa shape index (κ2) is 5.02. The lowest BCUT2D eigenvalue weighted by Gasteiger charge is -2.23. The molecule has 2 fully saturated rings. The largest absolute Gasteiger partial charge is 0.481 e. The first-order valence-corrected chi connectivity index (χ1v) is 9.41. The van der Waals surface area contributed by atoms with Gasteiger partial charge in [-0.25, -0.2) is 8.42 Å². The number of hydrogen-bond acceptors (Lipinski definition) is 5. The van der Waals surface area contributed by atoms with Crippen LogP contribution in [0.3, 0.4) is 0 Å². The van der Waals surface area contributed by atoms with E-state index in [-0.39, 0.29) is 19.0 Å². The van der Waals surface area contributed by atoms with Gasteiger partial charge in [-0.15, -0.1) is 11.3 Å². The quantitative estimate of drug-likeness (QED) is 0.885. The Morgan fingerprint density at radius 2 is 2.05 bits per heavy atom. The van der Waals surface area contributed by atoms with Crippen molar-refractivity contribution in [2.75, 3.05) is 33.2 Å². The van der Waals surface area contributed by atoms with Crippen LogP contribution in [-0.4, -0.2) is 61.9 Å². The van der Waals surface area contributed by atoms with Crippen molar-refractivity contribution in [1.82, 2.24) is 9.21 Å². The van der Waals surface area contributed by atoms with Gasteiger partial charge < -0.3 is 10.0 Å². The Labute approximate surface area is 134 Å². The molecule has 3 heterocycles. The molecule has 2 saturated heterocycles. The Morgan fingerprint density at radius 3 is 2.55 bits per heavy atom. The van der Waals surface area contributed by atoms with E-state index in [9.17, 15) is 18.3 Å². The van der Waals surface area contributed by atoms with Crippen molar-refractivity contribution in [3.05, 3.63) is 15.8 Å². The lowest BCUT2D eigenvalue weighted by atomic mass is 9.81. The number of carboxylic acid groups (broad SMARTS) is 1. The molecule has 6 nitrogen and oxygen atoms in total. The number of carbonyl (C=O) groups is 1. The molecule has 0 saturated carbocycles.